The van der Waals surface area contributed by atoms with Gasteiger partial charge >= 0.3 is 11.9 Å². The molecule has 0 aliphatic rings. The summed E-state index contributed by atoms with van der Waals surface area (Å²) in [5, 5.41) is 4.31. The van der Waals surface area contributed by atoms with Crippen LogP contribution in [0.2, 0.25) is 15.1 Å². The van der Waals surface area contributed by atoms with Crippen molar-refractivity contribution >= 4 is 52.4 Å². The molecule has 0 amide bonds. The normalized spacial score (nSPS) is 11.8. The number of nitrogens with one attached hydrogen (secondary N) is 1. The van der Waals surface area contributed by atoms with E-state index in [0.29, 0.717) is 26.3 Å². The zero-order chi connectivity index (χ0) is 20.7. The molecule has 1 atom stereocenters. The van der Waals surface area contributed by atoms with Gasteiger partial charge in [-0.25, -0.2) is 0 Å². The van der Waals surface area contributed by atoms with E-state index in [4.69, 9.17) is 44.3 Å². The van der Waals surface area contributed by atoms with Crippen molar-refractivity contribution < 1.29 is 19.1 Å². The van der Waals surface area contributed by atoms with Gasteiger partial charge in [0.2, 0.25) is 0 Å². The number of esters is 2. The molecule has 0 heterocycles. The lowest BCUT2D eigenvalue weighted by Gasteiger charge is -2.28. The van der Waals surface area contributed by atoms with Crippen molar-refractivity contribution in [3.63, 3.8) is 0 Å². The van der Waals surface area contributed by atoms with Crippen LogP contribution in [0.1, 0.15) is 25.5 Å². The highest BCUT2D eigenvalue weighted by Gasteiger charge is 2.40. The van der Waals surface area contributed by atoms with Crippen LogP contribution in [-0.2, 0) is 19.1 Å². The van der Waals surface area contributed by atoms with E-state index in [2.05, 4.69) is 5.32 Å². The first-order valence-corrected chi connectivity index (χ1v) is 9.81. The van der Waals surface area contributed by atoms with E-state index >= 15 is 0 Å². The van der Waals surface area contributed by atoms with E-state index in [0.717, 1.165) is 0 Å². The lowest BCUT2D eigenvalue weighted by molar-refractivity contribution is -0.162. The van der Waals surface area contributed by atoms with Gasteiger partial charge in [0.1, 0.15) is 0 Å². The summed E-state index contributed by atoms with van der Waals surface area (Å²) in [6.45, 7) is 3.53. The SMILES string of the molecule is CCOC(=O)C(C(=O)OCC)[C@H](Nc1ccc(Cl)cc1)c1c(Cl)cccc1Cl. The smallest absolute Gasteiger partial charge is 0.322 e. The average Bonchev–Trinajstić information content (AvgIpc) is 2.64. The molecule has 5 nitrogen and oxygen atoms in total. The molecule has 2 rings (SSSR count). The first-order chi connectivity index (χ1) is 13.4. The fourth-order valence-electron chi connectivity index (χ4n) is 2.69. The Morgan fingerprint density at radius 1 is 0.893 bits per heavy atom. The van der Waals surface area contributed by atoms with Crippen molar-refractivity contribution in [2.75, 3.05) is 18.5 Å². The van der Waals surface area contributed by atoms with E-state index in [1.54, 1.807) is 56.3 Å². The molecule has 0 unspecified atom stereocenters. The number of halogens is 3. The Bertz CT molecular complexity index is 788. The summed E-state index contributed by atoms with van der Waals surface area (Å²) < 4.78 is 10.2. The topological polar surface area (TPSA) is 64.6 Å². The monoisotopic (exact) mass is 443 g/mol. The highest BCUT2D eigenvalue weighted by atomic mass is 35.5. The largest absolute Gasteiger partial charge is 0.465 e. The molecule has 0 aliphatic heterocycles. The first kappa shape index (κ1) is 22.3. The van der Waals surface area contributed by atoms with Crippen LogP contribution in [0.5, 0.6) is 0 Å². The third-order valence-electron chi connectivity index (χ3n) is 3.89. The van der Waals surface area contributed by atoms with Gasteiger partial charge in [0.15, 0.2) is 5.92 Å². The van der Waals surface area contributed by atoms with Gasteiger partial charge in [0.05, 0.1) is 19.3 Å². The third kappa shape index (κ3) is 5.53. The Balaban J connectivity index is 2.57. The van der Waals surface area contributed by atoms with Crippen LogP contribution in [-0.4, -0.2) is 25.2 Å². The van der Waals surface area contributed by atoms with Gasteiger partial charge in [0.25, 0.3) is 0 Å². The zero-order valence-electron chi connectivity index (χ0n) is 15.4. The Morgan fingerprint density at radius 3 is 1.86 bits per heavy atom. The van der Waals surface area contributed by atoms with Gasteiger partial charge in [-0.1, -0.05) is 40.9 Å². The third-order valence-corrected chi connectivity index (χ3v) is 4.80. The second kappa shape index (κ2) is 10.6. The van der Waals surface area contributed by atoms with Gasteiger partial charge in [-0.3, -0.25) is 9.59 Å². The Morgan fingerprint density at radius 2 is 1.39 bits per heavy atom. The molecular formula is C20H20Cl3NO4. The van der Waals surface area contributed by atoms with Crippen molar-refractivity contribution in [3.8, 4) is 0 Å². The fourth-order valence-corrected chi connectivity index (χ4v) is 3.45. The van der Waals surface area contributed by atoms with E-state index in [-0.39, 0.29) is 13.2 Å². The molecular weight excluding hydrogens is 425 g/mol. The minimum absolute atomic E-state index is 0.110. The summed E-state index contributed by atoms with van der Waals surface area (Å²) in [5.41, 5.74) is 1.01. The Kier molecular flexibility index (Phi) is 8.42. The van der Waals surface area contributed by atoms with Crippen molar-refractivity contribution in [1.29, 1.82) is 0 Å². The zero-order valence-corrected chi connectivity index (χ0v) is 17.6. The van der Waals surface area contributed by atoms with E-state index in [1.807, 2.05) is 0 Å². The van der Waals surface area contributed by atoms with E-state index < -0.39 is 23.9 Å². The Hall–Kier alpha value is -1.95. The molecule has 0 spiro atoms. The molecule has 0 saturated carbocycles. The summed E-state index contributed by atoms with van der Waals surface area (Å²) in [5.74, 6) is -2.78. The van der Waals surface area contributed by atoms with Crippen LogP contribution < -0.4 is 5.32 Å². The van der Waals surface area contributed by atoms with E-state index in [9.17, 15) is 9.59 Å². The van der Waals surface area contributed by atoms with Crippen LogP contribution in [0.3, 0.4) is 0 Å². The van der Waals surface area contributed by atoms with Crippen molar-refractivity contribution in [2.45, 2.75) is 19.9 Å². The molecule has 0 bridgehead atoms. The number of rotatable bonds is 8. The summed E-state index contributed by atoms with van der Waals surface area (Å²) in [6, 6.07) is 10.8. The van der Waals surface area contributed by atoms with Crippen molar-refractivity contribution in [3.05, 3.63) is 63.1 Å². The van der Waals surface area contributed by atoms with Crippen LogP contribution in [0.25, 0.3) is 0 Å². The fraction of sp³-hybridized carbons (Fsp3) is 0.300. The summed E-state index contributed by atoms with van der Waals surface area (Å²) in [4.78, 5) is 25.3. The van der Waals surface area contributed by atoms with Gasteiger partial charge in [-0.05, 0) is 50.2 Å². The van der Waals surface area contributed by atoms with Crippen molar-refractivity contribution in [2.24, 2.45) is 5.92 Å². The summed E-state index contributed by atoms with van der Waals surface area (Å²) in [7, 11) is 0. The predicted molar refractivity (Wildman–Crippen MR) is 111 cm³/mol. The minimum Gasteiger partial charge on any atom is -0.465 e. The molecule has 0 radical (unpaired) electrons. The second-order valence-electron chi connectivity index (χ2n) is 5.75. The molecule has 150 valence electrons. The van der Waals surface area contributed by atoms with Gasteiger partial charge in [0, 0.05) is 26.3 Å². The molecule has 0 saturated heterocycles. The van der Waals surface area contributed by atoms with Gasteiger partial charge in [-0.15, -0.1) is 0 Å². The lowest BCUT2D eigenvalue weighted by atomic mass is 9.92. The lowest BCUT2D eigenvalue weighted by Crippen LogP contribution is -2.37. The second-order valence-corrected chi connectivity index (χ2v) is 7.00. The number of anilines is 1. The number of carbonyl (C=O) groups is 2. The number of hydrogen-bond donors (Lipinski definition) is 1. The first-order valence-electron chi connectivity index (χ1n) is 8.68. The molecule has 0 aromatic heterocycles. The maximum Gasteiger partial charge on any atom is 0.322 e. The highest BCUT2D eigenvalue weighted by Crippen LogP contribution is 2.38. The van der Waals surface area contributed by atoms with Crippen LogP contribution >= 0.6 is 34.8 Å². The summed E-state index contributed by atoms with van der Waals surface area (Å²) >= 11 is 18.7. The predicted octanol–water partition coefficient (Wildman–Crippen LogP) is 5.54. The number of benzene rings is 2. The van der Waals surface area contributed by atoms with Crippen LogP contribution in [0.4, 0.5) is 5.69 Å². The molecule has 1 N–H and O–H groups in total. The maximum atomic E-state index is 12.7. The standard InChI is InChI=1S/C20H20Cl3NO4/c1-3-27-19(25)17(20(26)28-4-2)18(16-14(22)6-5-7-15(16)23)24-13-10-8-12(21)9-11-13/h5-11,17-18,24H,3-4H2,1-2H3/t18-/m1/s1. The Labute approximate surface area is 178 Å². The molecule has 28 heavy (non-hydrogen) atoms. The van der Waals surface area contributed by atoms with Gasteiger partial charge < -0.3 is 14.8 Å². The molecule has 0 fully saturated rings. The molecule has 2 aromatic rings. The van der Waals surface area contributed by atoms with Crippen LogP contribution in [0, 0.1) is 5.92 Å². The molecule has 8 heteroatoms. The number of carbonyl (C=O) groups excluding carboxylic acids is 2. The van der Waals surface area contributed by atoms with Crippen LogP contribution in [0.15, 0.2) is 42.5 Å². The minimum atomic E-state index is -1.31. The molecule has 2 aromatic carbocycles. The summed E-state index contributed by atoms with van der Waals surface area (Å²) in [6.07, 6.45) is 0. The van der Waals surface area contributed by atoms with E-state index in [1.165, 1.54) is 0 Å². The molecule has 0 aliphatic carbocycles. The number of hydrogen-bond acceptors (Lipinski definition) is 5. The quantitative estimate of drug-likeness (QED) is 0.427. The maximum absolute atomic E-state index is 12.7. The highest BCUT2D eigenvalue weighted by molar-refractivity contribution is 6.36. The van der Waals surface area contributed by atoms with Crippen molar-refractivity contribution in [1.82, 2.24) is 0 Å². The number of ether oxygens (including phenoxy) is 2. The van der Waals surface area contributed by atoms with Gasteiger partial charge in [-0.2, -0.15) is 0 Å². The average molecular weight is 445 g/mol.